The summed E-state index contributed by atoms with van der Waals surface area (Å²) in [7, 11) is 0. The molecule has 0 aliphatic heterocycles. The second-order valence-electron chi connectivity index (χ2n) is 7.31. The van der Waals surface area contributed by atoms with Gasteiger partial charge in [0.1, 0.15) is 12.4 Å². The summed E-state index contributed by atoms with van der Waals surface area (Å²) in [5.74, 6) is 0.844. The fourth-order valence-electron chi connectivity index (χ4n) is 2.81. The second kappa shape index (κ2) is 7.81. The van der Waals surface area contributed by atoms with Crippen LogP contribution in [0.25, 0.3) is 0 Å². The first-order chi connectivity index (χ1) is 9.74. The highest BCUT2D eigenvalue weighted by atomic mass is 16.5. The first-order valence-electron chi connectivity index (χ1n) is 7.64. The van der Waals surface area contributed by atoms with Gasteiger partial charge in [-0.3, -0.25) is 0 Å². The van der Waals surface area contributed by atoms with Crippen molar-refractivity contribution < 1.29 is 14.6 Å². The van der Waals surface area contributed by atoms with E-state index in [0.717, 1.165) is 12.2 Å². The average Bonchev–Trinajstić information content (AvgIpc) is 2.36. The number of rotatable bonds is 8. The molecule has 0 bridgehead atoms. The molecule has 0 saturated heterocycles. The van der Waals surface area contributed by atoms with Crippen LogP contribution in [0, 0.1) is 5.41 Å². The Morgan fingerprint density at radius 3 is 2.05 bits per heavy atom. The van der Waals surface area contributed by atoms with Gasteiger partial charge < -0.3 is 14.6 Å². The Kier molecular flexibility index (Phi) is 6.69. The van der Waals surface area contributed by atoms with Gasteiger partial charge in [-0.15, -0.1) is 6.61 Å². The minimum absolute atomic E-state index is 0.147. The summed E-state index contributed by atoms with van der Waals surface area (Å²) in [5.41, 5.74) is 1.78. The molecule has 1 aromatic rings. The van der Waals surface area contributed by atoms with Gasteiger partial charge in [-0.05, 0) is 34.9 Å². The van der Waals surface area contributed by atoms with E-state index in [9.17, 15) is 5.11 Å². The molecule has 0 atom stereocenters. The third-order valence-corrected chi connectivity index (χ3v) is 3.33. The Morgan fingerprint density at radius 2 is 1.52 bits per heavy atom. The molecule has 0 aliphatic rings. The summed E-state index contributed by atoms with van der Waals surface area (Å²) in [6.07, 6.45) is 1.13. The average molecular weight is 293 g/mol. The van der Waals surface area contributed by atoms with Crippen LogP contribution in [0.15, 0.2) is 24.3 Å². The Bertz CT molecular complexity index is 401. The predicted molar refractivity (Wildman–Crippen MR) is 84.7 cm³/mol. The standard InChI is InChI=1S/C18H29O3/c1-17(2,3)14-18(4,5)15-6-8-16(9-7-15)21-13-12-20-11-10-19/h6-9H,10-14H2,1-5H3/q-1. The van der Waals surface area contributed by atoms with Crippen LogP contribution in [0.1, 0.15) is 46.6 Å². The van der Waals surface area contributed by atoms with Crippen LogP contribution in [0.5, 0.6) is 5.75 Å². The molecular weight excluding hydrogens is 264 g/mol. The summed E-state index contributed by atoms with van der Waals surface area (Å²) in [5, 5.41) is 10.2. The summed E-state index contributed by atoms with van der Waals surface area (Å²) >= 11 is 0. The van der Waals surface area contributed by atoms with Gasteiger partial charge in [0.05, 0.1) is 6.61 Å². The minimum Gasteiger partial charge on any atom is -0.853 e. The molecule has 3 nitrogen and oxygen atoms in total. The summed E-state index contributed by atoms with van der Waals surface area (Å²) in [6.45, 7) is 12.4. The summed E-state index contributed by atoms with van der Waals surface area (Å²) in [4.78, 5) is 0. The first kappa shape index (κ1) is 18.0. The van der Waals surface area contributed by atoms with Crippen molar-refractivity contribution in [1.82, 2.24) is 0 Å². The molecule has 0 saturated carbocycles. The van der Waals surface area contributed by atoms with Crippen molar-refractivity contribution in [3.05, 3.63) is 29.8 Å². The predicted octanol–water partition coefficient (Wildman–Crippen LogP) is 3.16. The van der Waals surface area contributed by atoms with Crippen molar-refractivity contribution >= 4 is 0 Å². The molecule has 0 amide bonds. The van der Waals surface area contributed by atoms with Crippen molar-refractivity contribution in [3.8, 4) is 5.75 Å². The van der Waals surface area contributed by atoms with Gasteiger partial charge in [0.2, 0.25) is 0 Å². The maximum Gasteiger partial charge on any atom is 0.119 e. The quantitative estimate of drug-likeness (QED) is 0.691. The van der Waals surface area contributed by atoms with Gasteiger partial charge in [-0.2, -0.15) is 0 Å². The molecule has 1 aromatic carbocycles. The maximum atomic E-state index is 10.2. The van der Waals surface area contributed by atoms with E-state index in [1.54, 1.807) is 0 Å². The fourth-order valence-corrected chi connectivity index (χ4v) is 2.81. The van der Waals surface area contributed by atoms with Gasteiger partial charge in [-0.25, -0.2) is 0 Å². The van der Waals surface area contributed by atoms with Crippen LogP contribution in [-0.4, -0.2) is 26.4 Å². The molecule has 0 aromatic heterocycles. The summed E-state index contributed by atoms with van der Waals surface area (Å²) in [6, 6.07) is 8.29. The van der Waals surface area contributed by atoms with Crippen LogP contribution >= 0.6 is 0 Å². The van der Waals surface area contributed by atoms with Crippen LogP contribution in [0.4, 0.5) is 0 Å². The van der Waals surface area contributed by atoms with Gasteiger partial charge in [-0.1, -0.05) is 46.8 Å². The normalized spacial score (nSPS) is 12.5. The smallest absolute Gasteiger partial charge is 0.119 e. The lowest BCUT2D eigenvalue weighted by atomic mass is 9.72. The molecular formula is C18H29O3-. The van der Waals surface area contributed by atoms with Gasteiger partial charge in [0.25, 0.3) is 0 Å². The molecule has 120 valence electrons. The van der Waals surface area contributed by atoms with Crippen LogP contribution in [-0.2, 0) is 10.2 Å². The lowest BCUT2D eigenvalue weighted by Gasteiger charge is -2.33. The van der Waals surface area contributed by atoms with Crippen molar-refractivity contribution in [3.63, 3.8) is 0 Å². The van der Waals surface area contributed by atoms with E-state index in [-0.39, 0.29) is 18.6 Å². The third-order valence-electron chi connectivity index (χ3n) is 3.33. The van der Waals surface area contributed by atoms with Crippen molar-refractivity contribution in [2.75, 3.05) is 26.4 Å². The van der Waals surface area contributed by atoms with Gasteiger partial charge in [0, 0.05) is 6.61 Å². The van der Waals surface area contributed by atoms with Crippen LogP contribution < -0.4 is 9.84 Å². The van der Waals surface area contributed by atoms with Crippen molar-refractivity contribution in [1.29, 1.82) is 0 Å². The Balaban J connectivity index is 2.53. The van der Waals surface area contributed by atoms with E-state index >= 15 is 0 Å². The fraction of sp³-hybridized carbons (Fsp3) is 0.667. The van der Waals surface area contributed by atoms with E-state index < -0.39 is 0 Å². The topological polar surface area (TPSA) is 41.5 Å². The highest BCUT2D eigenvalue weighted by molar-refractivity contribution is 5.31. The summed E-state index contributed by atoms with van der Waals surface area (Å²) < 4.78 is 10.7. The maximum absolute atomic E-state index is 10.2. The first-order valence-corrected chi connectivity index (χ1v) is 7.64. The highest BCUT2D eigenvalue weighted by Gasteiger charge is 2.27. The van der Waals surface area contributed by atoms with Crippen molar-refractivity contribution in [2.45, 2.75) is 46.5 Å². The molecule has 21 heavy (non-hydrogen) atoms. The molecule has 0 N–H and O–H groups in total. The van der Waals surface area contributed by atoms with Crippen LogP contribution in [0.3, 0.4) is 0 Å². The molecule has 0 radical (unpaired) electrons. The Hall–Kier alpha value is -1.06. The Morgan fingerprint density at radius 1 is 0.905 bits per heavy atom. The number of ether oxygens (including phenoxy) is 2. The molecule has 0 aliphatic carbocycles. The zero-order valence-corrected chi connectivity index (χ0v) is 14.1. The minimum atomic E-state index is -0.197. The van der Waals surface area contributed by atoms with E-state index in [1.807, 2.05) is 12.1 Å². The second-order valence-corrected chi connectivity index (χ2v) is 7.31. The monoisotopic (exact) mass is 293 g/mol. The number of benzene rings is 1. The molecule has 0 unspecified atom stereocenters. The third kappa shape index (κ3) is 6.96. The van der Waals surface area contributed by atoms with Crippen LogP contribution in [0.2, 0.25) is 0 Å². The highest BCUT2D eigenvalue weighted by Crippen LogP contribution is 2.36. The lowest BCUT2D eigenvalue weighted by Crippen LogP contribution is -2.24. The lowest BCUT2D eigenvalue weighted by molar-refractivity contribution is -0.374. The molecule has 1 rings (SSSR count). The van der Waals surface area contributed by atoms with E-state index in [0.29, 0.717) is 18.6 Å². The zero-order chi connectivity index (χ0) is 15.9. The molecule has 0 fully saturated rings. The van der Waals surface area contributed by atoms with E-state index in [2.05, 4.69) is 46.8 Å². The largest absolute Gasteiger partial charge is 0.853 e. The van der Waals surface area contributed by atoms with E-state index in [4.69, 9.17) is 9.47 Å². The molecule has 0 spiro atoms. The SMILES string of the molecule is CC(C)(C)CC(C)(C)c1ccc(OCCOCC[O-])cc1. The molecule has 3 heteroatoms. The van der Waals surface area contributed by atoms with E-state index in [1.165, 1.54) is 5.56 Å². The van der Waals surface area contributed by atoms with Gasteiger partial charge >= 0.3 is 0 Å². The zero-order valence-electron chi connectivity index (χ0n) is 14.1. The number of hydrogen-bond acceptors (Lipinski definition) is 3. The number of hydrogen-bond donors (Lipinski definition) is 0. The van der Waals surface area contributed by atoms with Crippen molar-refractivity contribution in [2.24, 2.45) is 5.41 Å². The molecule has 0 heterocycles. The Labute approximate surface area is 129 Å². The van der Waals surface area contributed by atoms with Gasteiger partial charge in [0.15, 0.2) is 0 Å².